The van der Waals surface area contributed by atoms with Crippen LogP contribution in [0.1, 0.15) is 46.5 Å². The monoisotopic (exact) mass is 226 g/mol. The van der Waals surface area contributed by atoms with Crippen LogP contribution >= 0.6 is 0 Å². The van der Waals surface area contributed by atoms with E-state index in [0.29, 0.717) is 6.10 Å². The summed E-state index contributed by atoms with van der Waals surface area (Å²) in [6, 6.07) is 0. The van der Waals surface area contributed by atoms with Crippen LogP contribution < -0.4 is 0 Å². The molecule has 3 heteroatoms. The zero-order valence-electron chi connectivity index (χ0n) is 10.5. The summed E-state index contributed by atoms with van der Waals surface area (Å²) in [5, 5.41) is 0. The molecule has 1 aliphatic rings. The summed E-state index contributed by atoms with van der Waals surface area (Å²) in [5.74, 6) is -0.318. The maximum Gasteiger partial charge on any atom is 0.163 e. The maximum atomic E-state index is 10.7. The van der Waals surface area contributed by atoms with Gasteiger partial charge in [0.05, 0.1) is 12.7 Å². The van der Waals surface area contributed by atoms with Crippen LogP contribution in [0.3, 0.4) is 0 Å². The zero-order valence-corrected chi connectivity index (χ0v) is 10.5. The molecule has 0 aliphatic carbocycles. The second-order valence-corrected chi connectivity index (χ2v) is 4.72. The lowest BCUT2D eigenvalue weighted by atomic mass is 10.1. The van der Waals surface area contributed by atoms with Crippen LogP contribution in [0.5, 0.6) is 0 Å². The Labute approximate surface area is 97.8 Å². The summed E-state index contributed by atoms with van der Waals surface area (Å²) in [4.78, 5) is 10.7. The van der Waals surface area contributed by atoms with Crippen molar-refractivity contribution in [3.8, 4) is 0 Å². The number of ketones is 1. The first-order chi connectivity index (χ1) is 7.49. The van der Waals surface area contributed by atoms with E-state index in [1.54, 1.807) is 13.0 Å². The van der Waals surface area contributed by atoms with E-state index in [2.05, 4.69) is 0 Å². The standard InChI is InChI=1S/C13H22O3/c1-11(14)7-5-4-6-8-12-9-10-15-13(2,3)16-12/h5,7,12H,4,6,8-10H2,1-3H3/b7-5+/t12-/m1/s1. The number of hydrogen-bond donors (Lipinski definition) is 0. The number of carbonyl (C=O) groups is 1. The molecule has 3 nitrogen and oxygen atoms in total. The van der Waals surface area contributed by atoms with Gasteiger partial charge in [-0.1, -0.05) is 6.08 Å². The molecule has 0 aromatic rings. The second-order valence-electron chi connectivity index (χ2n) is 4.72. The molecule has 0 spiro atoms. The highest BCUT2D eigenvalue weighted by molar-refractivity contribution is 5.87. The molecule has 92 valence electrons. The molecular weight excluding hydrogens is 204 g/mol. The molecule has 1 aliphatic heterocycles. The zero-order chi connectivity index (χ0) is 12.0. The van der Waals surface area contributed by atoms with Crippen LogP contribution in [-0.4, -0.2) is 24.3 Å². The minimum absolute atomic E-state index is 0.114. The topological polar surface area (TPSA) is 35.5 Å². The molecule has 16 heavy (non-hydrogen) atoms. The van der Waals surface area contributed by atoms with Crippen LogP contribution in [-0.2, 0) is 14.3 Å². The summed E-state index contributed by atoms with van der Waals surface area (Å²) < 4.78 is 11.3. The number of allylic oxidation sites excluding steroid dienone is 2. The highest BCUT2D eigenvalue weighted by Gasteiger charge is 2.28. The second kappa shape index (κ2) is 6.16. The van der Waals surface area contributed by atoms with E-state index in [0.717, 1.165) is 32.3 Å². The molecule has 1 fully saturated rings. The fourth-order valence-electron chi connectivity index (χ4n) is 1.85. The molecule has 1 heterocycles. The molecule has 0 bridgehead atoms. The highest BCUT2D eigenvalue weighted by atomic mass is 16.7. The first kappa shape index (κ1) is 13.4. The molecule has 1 atom stereocenters. The van der Waals surface area contributed by atoms with E-state index in [4.69, 9.17) is 9.47 Å². The van der Waals surface area contributed by atoms with Crippen molar-refractivity contribution < 1.29 is 14.3 Å². The number of unbranched alkanes of at least 4 members (excludes halogenated alkanes) is 1. The summed E-state index contributed by atoms with van der Waals surface area (Å²) in [6.45, 7) is 6.26. The van der Waals surface area contributed by atoms with Gasteiger partial charge in [-0.15, -0.1) is 0 Å². The van der Waals surface area contributed by atoms with Crippen LogP contribution in [0.2, 0.25) is 0 Å². The summed E-state index contributed by atoms with van der Waals surface area (Å²) in [6.07, 6.45) is 7.89. The van der Waals surface area contributed by atoms with Gasteiger partial charge < -0.3 is 9.47 Å². The van der Waals surface area contributed by atoms with Gasteiger partial charge in [-0.3, -0.25) is 4.79 Å². The SMILES string of the molecule is CC(=O)/C=C/CCC[C@@H]1CCOC(C)(C)O1. The van der Waals surface area contributed by atoms with Crippen LogP contribution in [0.4, 0.5) is 0 Å². The van der Waals surface area contributed by atoms with E-state index in [-0.39, 0.29) is 5.78 Å². The van der Waals surface area contributed by atoms with E-state index < -0.39 is 5.79 Å². The predicted molar refractivity (Wildman–Crippen MR) is 63.2 cm³/mol. The van der Waals surface area contributed by atoms with Gasteiger partial charge in [-0.25, -0.2) is 0 Å². The van der Waals surface area contributed by atoms with Crippen LogP contribution in [0.25, 0.3) is 0 Å². The Hall–Kier alpha value is -0.670. The Bertz CT molecular complexity index is 256. The molecule has 0 amide bonds. The van der Waals surface area contributed by atoms with Gasteiger partial charge in [0, 0.05) is 0 Å². The average Bonchev–Trinajstić information content (AvgIpc) is 2.15. The van der Waals surface area contributed by atoms with Crippen molar-refractivity contribution in [2.75, 3.05) is 6.61 Å². The minimum atomic E-state index is -0.432. The smallest absolute Gasteiger partial charge is 0.163 e. The summed E-state index contributed by atoms with van der Waals surface area (Å²) >= 11 is 0. The molecule has 0 aromatic carbocycles. The van der Waals surface area contributed by atoms with Crippen LogP contribution in [0, 0.1) is 0 Å². The molecule has 1 saturated heterocycles. The normalized spacial score (nSPS) is 24.8. The highest BCUT2D eigenvalue weighted by Crippen LogP contribution is 2.24. The van der Waals surface area contributed by atoms with Gasteiger partial charge in [0.1, 0.15) is 0 Å². The van der Waals surface area contributed by atoms with Crippen molar-refractivity contribution in [1.82, 2.24) is 0 Å². The number of carbonyl (C=O) groups excluding carboxylic acids is 1. The lowest BCUT2D eigenvalue weighted by Crippen LogP contribution is -2.39. The number of ether oxygens (including phenoxy) is 2. The Morgan fingerprint density at radius 3 is 2.88 bits per heavy atom. The maximum absolute atomic E-state index is 10.7. The lowest BCUT2D eigenvalue weighted by molar-refractivity contribution is -0.274. The summed E-state index contributed by atoms with van der Waals surface area (Å²) in [5.41, 5.74) is 0. The molecule has 0 unspecified atom stereocenters. The number of hydrogen-bond acceptors (Lipinski definition) is 3. The van der Waals surface area contributed by atoms with E-state index in [1.165, 1.54) is 0 Å². The van der Waals surface area contributed by atoms with Crippen molar-refractivity contribution >= 4 is 5.78 Å². The van der Waals surface area contributed by atoms with Gasteiger partial charge in [-0.2, -0.15) is 0 Å². The van der Waals surface area contributed by atoms with E-state index in [9.17, 15) is 4.79 Å². The molecule has 0 saturated carbocycles. The predicted octanol–water partition coefficient (Wildman–Crippen LogP) is 2.84. The third kappa shape index (κ3) is 5.42. The molecule has 0 radical (unpaired) electrons. The third-order valence-corrected chi connectivity index (χ3v) is 2.59. The molecular formula is C13H22O3. The van der Waals surface area contributed by atoms with Crippen molar-refractivity contribution in [3.63, 3.8) is 0 Å². The van der Waals surface area contributed by atoms with Crippen molar-refractivity contribution in [2.45, 2.75) is 58.3 Å². The Kier molecular flexibility index (Phi) is 5.16. The van der Waals surface area contributed by atoms with Crippen LogP contribution in [0.15, 0.2) is 12.2 Å². The first-order valence-electron chi connectivity index (χ1n) is 5.98. The first-order valence-corrected chi connectivity index (χ1v) is 5.98. The summed E-state index contributed by atoms with van der Waals surface area (Å²) in [7, 11) is 0. The quantitative estimate of drug-likeness (QED) is 0.534. The van der Waals surface area contributed by atoms with Gasteiger partial charge in [-0.05, 0) is 52.5 Å². The largest absolute Gasteiger partial charge is 0.350 e. The van der Waals surface area contributed by atoms with Crippen molar-refractivity contribution in [3.05, 3.63) is 12.2 Å². The average molecular weight is 226 g/mol. The van der Waals surface area contributed by atoms with Gasteiger partial charge in [0.15, 0.2) is 11.6 Å². The Morgan fingerprint density at radius 2 is 2.25 bits per heavy atom. The molecule has 1 rings (SSSR count). The third-order valence-electron chi connectivity index (χ3n) is 2.59. The number of rotatable bonds is 5. The molecule has 0 N–H and O–H groups in total. The van der Waals surface area contributed by atoms with Crippen molar-refractivity contribution in [1.29, 1.82) is 0 Å². The van der Waals surface area contributed by atoms with E-state index >= 15 is 0 Å². The van der Waals surface area contributed by atoms with Crippen molar-refractivity contribution in [2.24, 2.45) is 0 Å². The van der Waals surface area contributed by atoms with Gasteiger partial charge in [0.2, 0.25) is 0 Å². The molecule has 0 aromatic heterocycles. The van der Waals surface area contributed by atoms with E-state index in [1.807, 2.05) is 19.9 Å². The Morgan fingerprint density at radius 1 is 1.50 bits per heavy atom. The van der Waals surface area contributed by atoms with Gasteiger partial charge in [0.25, 0.3) is 0 Å². The fraction of sp³-hybridized carbons (Fsp3) is 0.769. The lowest BCUT2D eigenvalue weighted by Gasteiger charge is -2.36. The minimum Gasteiger partial charge on any atom is -0.350 e. The Balaban J connectivity index is 2.15. The van der Waals surface area contributed by atoms with Gasteiger partial charge >= 0.3 is 0 Å². The fourth-order valence-corrected chi connectivity index (χ4v) is 1.85.